The van der Waals surface area contributed by atoms with Crippen LogP contribution in [0.25, 0.3) is 10.8 Å². The Kier molecular flexibility index (Phi) is 1.96. The van der Waals surface area contributed by atoms with Crippen molar-refractivity contribution in [1.82, 2.24) is 0 Å². The molecule has 0 spiro atoms. The molecule has 3 nitrogen and oxygen atoms in total. The Morgan fingerprint density at radius 2 is 1.79 bits per heavy atom. The van der Waals surface area contributed by atoms with Gasteiger partial charge in [-0.15, -0.1) is 5.26 Å². The highest BCUT2D eigenvalue weighted by atomic mass is 16.5. The van der Waals surface area contributed by atoms with Gasteiger partial charge in [0.05, 0.1) is 0 Å². The number of fused-ring (bicyclic) bond motifs is 1. The zero-order valence-corrected chi connectivity index (χ0v) is 7.27. The van der Waals surface area contributed by atoms with E-state index in [1.807, 2.05) is 0 Å². The van der Waals surface area contributed by atoms with Crippen molar-refractivity contribution in [1.29, 1.82) is 5.26 Å². The zero-order chi connectivity index (χ0) is 9.97. The molecule has 0 aliphatic carbocycles. The molecular weight excluding hydrogens is 178 g/mol. The maximum Gasteiger partial charge on any atom is 0.292 e. The van der Waals surface area contributed by atoms with Crippen molar-refractivity contribution < 1.29 is 9.84 Å². The minimum atomic E-state index is 0.186. The molecule has 14 heavy (non-hydrogen) atoms. The van der Waals surface area contributed by atoms with Crippen LogP contribution in [-0.4, -0.2) is 5.11 Å². The van der Waals surface area contributed by atoms with Gasteiger partial charge < -0.3 is 9.84 Å². The monoisotopic (exact) mass is 185 g/mol. The molecular formula is C11H7NO2. The fourth-order valence-electron chi connectivity index (χ4n) is 1.40. The first kappa shape index (κ1) is 8.39. The quantitative estimate of drug-likeness (QED) is 0.694. The largest absolute Gasteiger partial charge is 0.507 e. The van der Waals surface area contributed by atoms with Gasteiger partial charge in [0.1, 0.15) is 11.5 Å². The van der Waals surface area contributed by atoms with E-state index in [1.54, 1.807) is 42.7 Å². The summed E-state index contributed by atoms with van der Waals surface area (Å²) in [5.74, 6) is 0.645. The molecule has 2 aromatic carbocycles. The van der Waals surface area contributed by atoms with Gasteiger partial charge in [0.15, 0.2) is 0 Å². The van der Waals surface area contributed by atoms with Crippen LogP contribution < -0.4 is 4.74 Å². The summed E-state index contributed by atoms with van der Waals surface area (Å²) >= 11 is 0. The summed E-state index contributed by atoms with van der Waals surface area (Å²) in [4.78, 5) is 0. The van der Waals surface area contributed by atoms with E-state index in [4.69, 9.17) is 10.00 Å². The highest BCUT2D eigenvalue weighted by molar-refractivity contribution is 5.92. The van der Waals surface area contributed by atoms with Crippen LogP contribution in [-0.2, 0) is 0 Å². The van der Waals surface area contributed by atoms with Crippen molar-refractivity contribution in [2.24, 2.45) is 0 Å². The summed E-state index contributed by atoms with van der Waals surface area (Å²) in [5, 5.41) is 19.4. The summed E-state index contributed by atoms with van der Waals surface area (Å²) in [6.45, 7) is 0. The molecule has 0 unspecified atom stereocenters. The molecule has 0 aliphatic rings. The summed E-state index contributed by atoms with van der Waals surface area (Å²) in [5.41, 5.74) is 0. The van der Waals surface area contributed by atoms with Gasteiger partial charge in [-0.2, -0.15) is 0 Å². The maximum absolute atomic E-state index is 9.53. The highest BCUT2D eigenvalue weighted by Gasteiger charge is 2.04. The number of rotatable bonds is 1. The van der Waals surface area contributed by atoms with Crippen molar-refractivity contribution in [3.8, 4) is 17.8 Å². The maximum atomic E-state index is 9.53. The Labute approximate surface area is 80.8 Å². The van der Waals surface area contributed by atoms with Gasteiger partial charge in [-0.25, -0.2) is 0 Å². The highest BCUT2D eigenvalue weighted by Crippen LogP contribution is 2.30. The van der Waals surface area contributed by atoms with E-state index in [0.29, 0.717) is 11.1 Å². The van der Waals surface area contributed by atoms with E-state index in [2.05, 4.69) is 0 Å². The van der Waals surface area contributed by atoms with Crippen molar-refractivity contribution >= 4 is 10.8 Å². The predicted octanol–water partition coefficient (Wildman–Crippen LogP) is 2.41. The predicted molar refractivity (Wildman–Crippen MR) is 51.9 cm³/mol. The number of ether oxygens (including phenoxy) is 1. The van der Waals surface area contributed by atoms with Gasteiger partial charge in [-0.05, 0) is 12.1 Å². The SMILES string of the molecule is N#COc1cccc2c(O)cccc12. The number of hydrogen-bond donors (Lipinski definition) is 1. The minimum absolute atomic E-state index is 0.186. The van der Waals surface area contributed by atoms with Crippen LogP contribution in [0.2, 0.25) is 0 Å². The lowest BCUT2D eigenvalue weighted by molar-refractivity contribution is 0.480. The molecule has 0 fully saturated rings. The normalized spacial score (nSPS) is 9.64. The van der Waals surface area contributed by atoms with E-state index in [0.717, 1.165) is 5.39 Å². The Morgan fingerprint density at radius 1 is 1.07 bits per heavy atom. The van der Waals surface area contributed by atoms with Crippen molar-refractivity contribution in [3.63, 3.8) is 0 Å². The van der Waals surface area contributed by atoms with Crippen LogP contribution in [0.3, 0.4) is 0 Å². The Morgan fingerprint density at radius 3 is 2.57 bits per heavy atom. The van der Waals surface area contributed by atoms with Gasteiger partial charge in [0.2, 0.25) is 0 Å². The van der Waals surface area contributed by atoms with E-state index in [1.165, 1.54) is 0 Å². The van der Waals surface area contributed by atoms with Gasteiger partial charge >= 0.3 is 0 Å². The van der Waals surface area contributed by atoms with Crippen molar-refractivity contribution in [2.45, 2.75) is 0 Å². The van der Waals surface area contributed by atoms with Crippen LogP contribution in [0.15, 0.2) is 36.4 Å². The molecule has 0 amide bonds. The standard InChI is InChI=1S/C11H7NO2/c12-7-14-11-6-2-3-8-9(11)4-1-5-10(8)13/h1-6,13H. The van der Waals surface area contributed by atoms with Crippen LogP contribution in [0, 0.1) is 11.5 Å². The summed E-state index contributed by atoms with van der Waals surface area (Å²) in [6, 6.07) is 10.3. The molecule has 0 saturated heterocycles. The lowest BCUT2D eigenvalue weighted by Crippen LogP contribution is -1.83. The molecule has 0 bridgehead atoms. The van der Waals surface area contributed by atoms with Crippen LogP contribution in [0.1, 0.15) is 0 Å². The summed E-state index contributed by atoms with van der Waals surface area (Å²) in [7, 11) is 0. The second-order valence-corrected chi connectivity index (χ2v) is 2.82. The minimum Gasteiger partial charge on any atom is -0.507 e. The first-order valence-corrected chi connectivity index (χ1v) is 4.09. The van der Waals surface area contributed by atoms with Gasteiger partial charge in [0, 0.05) is 10.8 Å². The number of phenols is 1. The second kappa shape index (κ2) is 3.27. The third-order valence-electron chi connectivity index (χ3n) is 2.01. The fourth-order valence-corrected chi connectivity index (χ4v) is 1.40. The number of hydrogen-bond acceptors (Lipinski definition) is 3. The van der Waals surface area contributed by atoms with Crippen molar-refractivity contribution in [3.05, 3.63) is 36.4 Å². The lowest BCUT2D eigenvalue weighted by Gasteiger charge is -2.03. The molecule has 2 rings (SSSR count). The van der Waals surface area contributed by atoms with Crippen LogP contribution >= 0.6 is 0 Å². The van der Waals surface area contributed by atoms with E-state index in [-0.39, 0.29) is 5.75 Å². The third kappa shape index (κ3) is 1.23. The third-order valence-corrected chi connectivity index (χ3v) is 2.01. The molecule has 68 valence electrons. The van der Waals surface area contributed by atoms with E-state index >= 15 is 0 Å². The molecule has 0 aliphatic heterocycles. The second-order valence-electron chi connectivity index (χ2n) is 2.82. The first-order chi connectivity index (χ1) is 6.83. The average molecular weight is 185 g/mol. The van der Waals surface area contributed by atoms with E-state index in [9.17, 15) is 5.11 Å². The number of nitrogens with zero attached hydrogens (tertiary/aromatic N) is 1. The van der Waals surface area contributed by atoms with Crippen LogP contribution in [0.5, 0.6) is 11.5 Å². The molecule has 3 heteroatoms. The van der Waals surface area contributed by atoms with Crippen LogP contribution in [0.4, 0.5) is 0 Å². The number of benzene rings is 2. The van der Waals surface area contributed by atoms with E-state index < -0.39 is 0 Å². The molecule has 0 atom stereocenters. The summed E-state index contributed by atoms with van der Waals surface area (Å²) < 4.78 is 4.77. The van der Waals surface area contributed by atoms with Gasteiger partial charge in [0.25, 0.3) is 6.26 Å². The Bertz CT molecular complexity index is 514. The fraction of sp³-hybridized carbons (Fsp3) is 0. The molecule has 1 N–H and O–H groups in total. The van der Waals surface area contributed by atoms with Gasteiger partial charge in [-0.1, -0.05) is 24.3 Å². The summed E-state index contributed by atoms with van der Waals surface area (Å²) in [6.07, 6.45) is 1.61. The average Bonchev–Trinajstić information content (AvgIpc) is 2.20. The number of nitriles is 1. The lowest BCUT2D eigenvalue weighted by atomic mass is 10.1. The zero-order valence-electron chi connectivity index (χ0n) is 7.27. The number of aromatic hydroxyl groups is 1. The molecule has 2 aromatic rings. The topological polar surface area (TPSA) is 53.2 Å². The molecule has 0 radical (unpaired) electrons. The van der Waals surface area contributed by atoms with Gasteiger partial charge in [-0.3, -0.25) is 0 Å². The van der Waals surface area contributed by atoms with Crippen molar-refractivity contribution in [2.75, 3.05) is 0 Å². The first-order valence-electron chi connectivity index (χ1n) is 4.09. The Balaban J connectivity index is 2.76. The molecule has 0 aromatic heterocycles. The number of phenolic OH excluding ortho intramolecular Hbond substituents is 1. The Hall–Kier alpha value is -2.21. The molecule has 0 saturated carbocycles. The smallest absolute Gasteiger partial charge is 0.292 e. The molecule has 0 heterocycles.